The first-order chi connectivity index (χ1) is 18.3. The molecule has 39 heavy (non-hydrogen) atoms. The minimum Gasteiger partial charge on any atom is -1.00 e. The molecule has 6 aromatic rings. The quantitative estimate of drug-likeness (QED) is 0.278. The number of allylic oxidation sites excluding steroid dienone is 2. The van der Waals surface area contributed by atoms with E-state index >= 15 is 0 Å². The number of rotatable bonds is 4. The van der Waals surface area contributed by atoms with Gasteiger partial charge < -0.3 is 24.8 Å². The van der Waals surface area contributed by atoms with Gasteiger partial charge in [0.1, 0.15) is 0 Å². The molecular weight excluding hydrogens is 607 g/mol. The molecule has 2 unspecified atom stereocenters. The summed E-state index contributed by atoms with van der Waals surface area (Å²) in [6.45, 7) is 0. The summed E-state index contributed by atoms with van der Waals surface area (Å²) in [5.41, 5.74) is 11.8. The molecule has 2 aromatic heterocycles. The summed E-state index contributed by atoms with van der Waals surface area (Å²) in [5.74, 6) is 0. The first-order valence-electron chi connectivity index (χ1n) is 12.3. The number of nitrogens with zero attached hydrogens (tertiary/aromatic N) is 6. The van der Waals surface area contributed by atoms with Gasteiger partial charge in [0.05, 0.1) is 0 Å². The van der Waals surface area contributed by atoms with Gasteiger partial charge in [-0.1, -0.05) is 0 Å². The molecule has 0 amide bonds. The van der Waals surface area contributed by atoms with E-state index in [0.717, 1.165) is 22.1 Å². The second-order valence-corrected chi connectivity index (χ2v) is 13.1. The largest absolute Gasteiger partial charge is 1.00 e. The van der Waals surface area contributed by atoms with E-state index in [1.165, 1.54) is 33.6 Å². The van der Waals surface area contributed by atoms with Gasteiger partial charge in [-0.25, -0.2) is 0 Å². The summed E-state index contributed by atoms with van der Waals surface area (Å²) < 4.78 is 4.77. The van der Waals surface area contributed by atoms with Crippen molar-refractivity contribution in [3.63, 3.8) is 0 Å². The van der Waals surface area contributed by atoms with Crippen LogP contribution in [-0.2, 0) is 23.2 Å². The molecule has 2 aliphatic carbocycles. The molecule has 0 N–H and O–H groups in total. The van der Waals surface area contributed by atoms with Crippen molar-refractivity contribution in [3.05, 3.63) is 119 Å². The molecule has 4 aromatic carbocycles. The summed E-state index contributed by atoms with van der Waals surface area (Å²) in [5, 5.41) is 18.2. The fourth-order valence-corrected chi connectivity index (χ4v) is 10.5. The standard InChI is InChI=1S/2C15H10N3.2ClH.Zr/c2*1-2-6-12-10-13(9-11(12)5-1)18-15-8-4-3-7-14(15)16-17-18;;;/h2*1-10H;2*1H;/q;;;;+2/p-2. The van der Waals surface area contributed by atoms with E-state index in [4.69, 9.17) is 0 Å². The van der Waals surface area contributed by atoms with Gasteiger partial charge in [-0.2, -0.15) is 0 Å². The molecule has 8 rings (SSSR count). The zero-order valence-corrected chi connectivity index (χ0v) is 24.5. The van der Waals surface area contributed by atoms with Gasteiger partial charge in [0.15, 0.2) is 0 Å². The summed E-state index contributed by atoms with van der Waals surface area (Å²) in [6.07, 6.45) is 4.63. The smallest absolute Gasteiger partial charge is 1.00 e. The molecule has 2 aliphatic rings. The van der Waals surface area contributed by atoms with Gasteiger partial charge in [0, 0.05) is 0 Å². The van der Waals surface area contributed by atoms with E-state index in [9.17, 15) is 0 Å². The van der Waals surface area contributed by atoms with E-state index in [0.29, 0.717) is 7.25 Å². The number of benzene rings is 4. The monoisotopic (exact) mass is 624 g/mol. The molecule has 188 valence electrons. The number of hydrogen-bond acceptors (Lipinski definition) is 4. The first kappa shape index (κ1) is 25.9. The molecular formula is C30H20Cl2N6Zr. The van der Waals surface area contributed by atoms with Gasteiger partial charge in [0.25, 0.3) is 0 Å². The summed E-state index contributed by atoms with van der Waals surface area (Å²) >= 11 is -1.22. The third-order valence-corrected chi connectivity index (χ3v) is 12.0. The van der Waals surface area contributed by atoms with Crippen molar-refractivity contribution in [3.8, 4) is 0 Å². The first-order valence-corrected chi connectivity index (χ1v) is 15.2. The van der Waals surface area contributed by atoms with Crippen LogP contribution in [0.25, 0.3) is 45.6 Å². The molecule has 0 spiro atoms. The van der Waals surface area contributed by atoms with Gasteiger partial charge in [-0.05, 0) is 0 Å². The summed E-state index contributed by atoms with van der Waals surface area (Å²) in [6, 6.07) is 34.0. The van der Waals surface area contributed by atoms with Crippen LogP contribution in [0.3, 0.4) is 0 Å². The fraction of sp³-hybridized carbons (Fsp3) is 0.0667. The van der Waals surface area contributed by atoms with Crippen LogP contribution in [0.2, 0.25) is 0 Å². The molecule has 2 heterocycles. The van der Waals surface area contributed by atoms with Crippen molar-refractivity contribution in [2.45, 2.75) is 7.25 Å². The van der Waals surface area contributed by atoms with E-state index < -0.39 is 23.2 Å². The number of para-hydroxylation sites is 2. The molecule has 0 saturated heterocycles. The van der Waals surface area contributed by atoms with Crippen LogP contribution in [0.1, 0.15) is 29.5 Å². The predicted octanol–water partition coefficient (Wildman–Crippen LogP) is 0.0723. The predicted molar refractivity (Wildman–Crippen MR) is 142 cm³/mol. The van der Waals surface area contributed by atoms with E-state index in [1.54, 1.807) is 0 Å². The van der Waals surface area contributed by atoms with Crippen molar-refractivity contribution in [1.29, 1.82) is 0 Å². The van der Waals surface area contributed by atoms with Crippen LogP contribution in [0.4, 0.5) is 0 Å². The van der Waals surface area contributed by atoms with Crippen LogP contribution in [-0.4, -0.2) is 30.0 Å². The van der Waals surface area contributed by atoms with Crippen LogP contribution in [0.15, 0.2) is 97.1 Å². The summed E-state index contributed by atoms with van der Waals surface area (Å²) in [4.78, 5) is 0. The third-order valence-electron chi connectivity index (χ3n) is 7.34. The van der Waals surface area contributed by atoms with E-state index in [2.05, 4.69) is 115 Å². The van der Waals surface area contributed by atoms with Gasteiger partial charge in [0.2, 0.25) is 0 Å². The van der Waals surface area contributed by atoms with Crippen LogP contribution in [0, 0.1) is 0 Å². The third kappa shape index (κ3) is 4.12. The average Bonchev–Trinajstić information content (AvgIpc) is 3.72. The minimum absolute atomic E-state index is 0. The number of hydrogen-bond donors (Lipinski definition) is 0. The number of aromatic nitrogens is 6. The number of halogens is 2. The van der Waals surface area contributed by atoms with Crippen molar-refractivity contribution in [2.24, 2.45) is 0 Å². The molecule has 0 saturated carbocycles. The van der Waals surface area contributed by atoms with Crippen LogP contribution in [0.5, 0.6) is 0 Å². The molecule has 0 fully saturated rings. The van der Waals surface area contributed by atoms with Gasteiger partial charge in [-0.3, -0.25) is 0 Å². The molecule has 0 radical (unpaired) electrons. The Labute approximate surface area is 248 Å². The van der Waals surface area contributed by atoms with Crippen molar-refractivity contribution in [1.82, 2.24) is 30.0 Å². The topological polar surface area (TPSA) is 61.4 Å². The van der Waals surface area contributed by atoms with E-state index in [-0.39, 0.29) is 24.8 Å². The zero-order valence-electron chi connectivity index (χ0n) is 20.5. The minimum atomic E-state index is -1.22. The molecule has 0 aliphatic heterocycles. The van der Waals surface area contributed by atoms with E-state index in [1.807, 2.05) is 24.3 Å². The van der Waals surface area contributed by atoms with Gasteiger partial charge in [-0.15, -0.1) is 0 Å². The Morgan fingerprint density at radius 2 is 0.923 bits per heavy atom. The van der Waals surface area contributed by atoms with Gasteiger partial charge >= 0.3 is 225 Å². The zero-order chi connectivity index (χ0) is 24.3. The van der Waals surface area contributed by atoms with Crippen molar-refractivity contribution in [2.75, 3.05) is 0 Å². The second kappa shape index (κ2) is 10.3. The molecule has 6 nitrogen and oxygen atoms in total. The molecule has 0 bridgehead atoms. The average molecular weight is 627 g/mol. The Morgan fingerprint density at radius 3 is 1.41 bits per heavy atom. The SMILES string of the molecule is C1=C(n2nnc3ccccc32)[CH]([Zr+2][CH]2C(n3nnc4ccccc43)=Cc3ccccc32)c2ccccc21.[Cl-].[Cl-]. The molecule has 9 heteroatoms. The Kier molecular flexibility index (Phi) is 6.84. The Hall–Kier alpha value is -3.38. The fourth-order valence-electron chi connectivity index (χ4n) is 5.62. The van der Waals surface area contributed by atoms with Crippen molar-refractivity contribution < 1.29 is 48.0 Å². The summed E-state index contributed by atoms with van der Waals surface area (Å²) in [7, 11) is 0. The maximum Gasteiger partial charge on any atom is -1.00 e. The normalized spacial score (nSPS) is 17.0. The second-order valence-electron chi connectivity index (χ2n) is 9.41. The maximum absolute atomic E-state index is 4.62. The maximum atomic E-state index is 4.62. The number of fused-ring (bicyclic) bond motifs is 4. The van der Waals surface area contributed by atoms with Crippen LogP contribution >= 0.6 is 0 Å². The van der Waals surface area contributed by atoms with Crippen LogP contribution < -0.4 is 24.8 Å². The Morgan fingerprint density at radius 1 is 0.513 bits per heavy atom. The van der Waals surface area contributed by atoms with Crippen molar-refractivity contribution >= 4 is 45.6 Å². The molecule has 2 atom stereocenters. The Bertz CT molecular complexity index is 1770. The Balaban J connectivity index is 0.00000138.